The lowest BCUT2D eigenvalue weighted by molar-refractivity contribution is 0.630. The van der Waals surface area contributed by atoms with Gasteiger partial charge in [0.2, 0.25) is 23.7 Å². The SMILES string of the molecule is CCNc1c(N)c(=O)c1=O.CCNc1ncn[nH]1.CCn1cnnc1N.Cn1nnc(-c2ccc(N)cn2)n1.NC(=S)Nc1cccnc1.Nc1c(Nc2cccnc2)c(=O)c1=O.Nc1nc2ccccc2[nH]1.Nc1nncn1-c1cccnc1. The van der Waals surface area contributed by atoms with Crippen LogP contribution in [-0.2, 0) is 13.6 Å². The molecule has 0 saturated carbocycles. The molecule has 9 aromatic heterocycles. The molecule has 20 N–H and O–H groups in total. The number of pyridine rings is 4. The van der Waals surface area contributed by atoms with Crippen LogP contribution >= 0.6 is 12.2 Å². The highest BCUT2D eigenvalue weighted by Crippen LogP contribution is 2.17. The molecule has 9 heterocycles. The van der Waals surface area contributed by atoms with Crippen molar-refractivity contribution in [3.05, 3.63) is 176 Å². The molecule has 34 nitrogen and oxygen atoms in total. The van der Waals surface area contributed by atoms with Gasteiger partial charge in [-0.1, -0.05) is 12.1 Å². The molecule has 440 valence electrons. The van der Waals surface area contributed by atoms with E-state index in [1.807, 2.05) is 63.2 Å². The van der Waals surface area contributed by atoms with Crippen LogP contribution in [0.1, 0.15) is 20.8 Å². The molecule has 0 radical (unpaired) electrons. The zero-order valence-electron chi connectivity index (χ0n) is 46.0. The number of anilines is 11. The highest BCUT2D eigenvalue weighted by atomic mass is 32.1. The van der Waals surface area contributed by atoms with Gasteiger partial charge in [-0.05, 0) is 98.9 Å². The van der Waals surface area contributed by atoms with Gasteiger partial charge >= 0.3 is 0 Å². The number of aromatic amines is 2. The fourth-order valence-corrected chi connectivity index (χ4v) is 6.37. The Bertz CT molecular complexity index is 3990. The fraction of sp³-hybridized carbons (Fsp3) is 0.140. The van der Waals surface area contributed by atoms with Crippen LogP contribution in [0.15, 0.2) is 154 Å². The third kappa shape index (κ3) is 19.9. The second-order valence-electron chi connectivity index (χ2n) is 16.4. The summed E-state index contributed by atoms with van der Waals surface area (Å²) in [6, 6.07) is 22.0. The van der Waals surface area contributed by atoms with Crippen molar-refractivity contribution in [3.63, 3.8) is 0 Å². The third-order valence-electron chi connectivity index (χ3n) is 10.3. The van der Waals surface area contributed by atoms with Crippen molar-refractivity contribution < 1.29 is 0 Å². The molecule has 0 bridgehead atoms. The Kier molecular flexibility index (Phi) is 24.6. The van der Waals surface area contributed by atoms with Crippen LogP contribution in [0, 0.1) is 0 Å². The zero-order valence-corrected chi connectivity index (χ0v) is 46.8. The number of rotatable bonds is 10. The Morgan fingerprint density at radius 3 is 1.78 bits per heavy atom. The molecular weight excluding hydrogens is 1120 g/mol. The monoisotopic (exact) mass is 1180 g/mol. The number of nitrogens with two attached hydrogens (primary N) is 7. The predicted molar refractivity (Wildman–Crippen MR) is 329 cm³/mol. The highest BCUT2D eigenvalue weighted by Gasteiger charge is 2.18. The highest BCUT2D eigenvalue weighted by molar-refractivity contribution is 7.80. The summed E-state index contributed by atoms with van der Waals surface area (Å²) in [6.07, 6.45) is 16.1. The molecule has 0 unspecified atom stereocenters. The zero-order chi connectivity index (χ0) is 61.7. The van der Waals surface area contributed by atoms with Gasteiger partial charge in [-0.3, -0.25) is 43.7 Å². The first-order valence-corrected chi connectivity index (χ1v) is 25.3. The minimum atomic E-state index is -0.628. The number of thiocarbonyl (C=S) groups is 1. The summed E-state index contributed by atoms with van der Waals surface area (Å²) in [4.78, 5) is 70.7. The number of aryl methyl sites for hydroxylation is 2. The lowest BCUT2D eigenvalue weighted by Crippen LogP contribution is -2.36. The molecule has 0 spiro atoms. The van der Waals surface area contributed by atoms with Crippen molar-refractivity contribution in [2.75, 3.05) is 68.8 Å². The number of aromatic nitrogens is 19. The number of tetrazole rings is 1. The number of nitrogen functional groups attached to an aromatic ring is 6. The summed E-state index contributed by atoms with van der Waals surface area (Å²) >= 11 is 4.62. The van der Waals surface area contributed by atoms with Crippen molar-refractivity contribution in [1.82, 2.24) is 94.8 Å². The van der Waals surface area contributed by atoms with Crippen molar-refractivity contribution in [2.24, 2.45) is 12.8 Å². The Labute approximate surface area is 487 Å². The van der Waals surface area contributed by atoms with E-state index in [1.54, 1.807) is 96.3 Å². The lowest BCUT2D eigenvalue weighted by Gasteiger charge is -2.08. The first-order chi connectivity index (χ1) is 40.9. The molecule has 0 aliphatic heterocycles. The van der Waals surface area contributed by atoms with Crippen LogP contribution in [0.25, 0.3) is 28.2 Å². The van der Waals surface area contributed by atoms with Crippen molar-refractivity contribution in [1.29, 1.82) is 0 Å². The van der Waals surface area contributed by atoms with Crippen LogP contribution in [0.2, 0.25) is 0 Å². The third-order valence-corrected chi connectivity index (χ3v) is 10.4. The summed E-state index contributed by atoms with van der Waals surface area (Å²) in [5, 5.41) is 43.7. The minimum Gasteiger partial charge on any atom is -0.397 e. The molecule has 35 heteroatoms. The molecule has 0 amide bonds. The predicted octanol–water partition coefficient (Wildman–Crippen LogP) is 1.40. The van der Waals surface area contributed by atoms with E-state index in [0.29, 0.717) is 47.3 Å². The lowest BCUT2D eigenvalue weighted by atomic mass is 10.2. The number of fused-ring (bicyclic) bond motifs is 1. The Hall–Kier alpha value is -12.2. The number of imidazole rings is 1. The van der Waals surface area contributed by atoms with E-state index in [4.69, 9.17) is 40.1 Å². The number of hydrogen-bond donors (Lipinski definition) is 13. The number of H-pyrrole nitrogens is 2. The van der Waals surface area contributed by atoms with Crippen molar-refractivity contribution in [3.8, 4) is 17.2 Å². The van der Waals surface area contributed by atoms with Gasteiger partial charge in [0.05, 0.1) is 65.6 Å². The molecule has 0 saturated heterocycles. The quantitative estimate of drug-likeness (QED) is 0.0680. The maximum atomic E-state index is 11.0. The molecule has 85 heavy (non-hydrogen) atoms. The summed E-state index contributed by atoms with van der Waals surface area (Å²) in [7, 11) is 1.70. The van der Waals surface area contributed by atoms with Gasteiger partial charge in [-0.25, -0.2) is 15.1 Å². The van der Waals surface area contributed by atoms with E-state index in [-0.39, 0.29) is 27.9 Å². The van der Waals surface area contributed by atoms with Gasteiger partial charge in [-0.15, -0.1) is 30.6 Å². The van der Waals surface area contributed by atoms with E-state index in [2.05, 4.69) is 114 Å². The Morgan fingerprint density at radius 2 is 1.29 bits per heavy atom. The minimum absolute atomic E-state index is 0.0150. The summed E-state index contributed by atoms with van der Waals surface area (Å²) in [5.74, 6) is 2.55. The molecule has 3 aromatic carbocycles. The first kappa shape index (κ1) is 63.7. The van der Waals surface area contributed by atoms with Crippen LogP contribution in [0.5, 0.6) is 0 Å². The topological polar surface area (TPSA) is 525 Å². The number of para-hydroxylation sites is 2. The molecule has 0 fully saturated rings. The van der Waals surface area contributed by atoms with Crippen LogP contribution in [0.3, 0.4) is 0 Å². The number of hydrogen-bond acceptors (Lipinski definition) is 28. The van der Waals surface area contributed by atoms with Gasteiger partial charge in [0.15, 0.2) is 11.1 Å². The molecule has 0 aliphatic carbocycles. The van der Waals surface area contributed by atoms with Crippen LogP contribution in [0.4, 0.5) is 63.6 Å². The normalized spacial score (nSPS) is 9.88. The van der Waals surface area contributed by atoms with Crippen molar-refractivity contribution >= 4 is 92.0 Å². The van der Waals surface area contributed by atoms with E-state index < -0.39 is 21.7 Å². The molecule has 12 rings (SSSR count). The molecular formula is C50H60N30O4S. The van der Waals surface area contributed by atoms with Crippen molar-refractivity contribution in [2.45, 2.75) is 27.3 Å². The van der Waals surface area contributed by atoms with E-state index in [9.17, 15) is 19.2 Å². The summed E-state index contributed by atoms with van der Waals surface area (Å²) in [6.45, 7) is 8.13. The Morgan fingerprint density at radius 1 is 0.659 bits per heavy atom. The average molecular weight is 1180 g/mol. The largest absolute Gasteiger partial charge is 0.397 e. The van der Waals surface area contributed by atoms with Gasteiger partial charge in [0.25, 0.3) is 21.7 Å². The number of nitrogens with zero attached hydrogens (tertiary/aromatic N) is 17. The van der Waals surface area contributed by atoms with Gasteiger partial charge in [0.1, 0.15) is 47.4 Å². The number of benzene rings is 1. The summed E-state index contributed by atoms with van der Waals surface area (Å²) in [5.41, 5.74) is 41.2. The van der Waals surface area contributed by atoms with Gasteiger partial charge in [0, 0.05) is 38.2 Å². The van der Waals surface area contributed by atoms with E-state index in [0.717, 1.165) is 41.4 Å². The average Bonchev–Trinajstić information content (AvgIpc) is 3.43. The van der Waals surface area contributed by atoms with Crippen LogP contribution < -0.4 is 83.1 Å². The maximum Gasteiger partial charge on any atom is 0.253 e. The smallest absolute Gasteiger partial charge is 0.253 e. The standard InChI is InChI=1S/C9H7N3O2.C7H8N6.C7H7N5.C7H7N3.C6H7N3S.C6H8N2O2.2C4H8N4/c10-6-7(9(14)8(6)13)12-5-2-1-3-11-4-5;1-13-11-7(10-12-13)6-3-2-5(8)4-9-6;8-7-11-10-5-12(7)6-2-1-3-9-4-6;8-7-9-5-3-1-2-4-6(5)10-7;7-6(10)9-5-2-1-3-8-4-5;1-2-8-4-3(7)5(9)6(4)10;1-2-8-3-6-7-4(8)5;1-2-5-4-6-3-7-8-4/h1-4,12H,10H2;2-4H,8H2,1H3;1-5H,(H2,8,11);1-4H,(H3,8,9,10);1-4H,(H3,7,9,10);8H,2,7H2,1H3;3H,2H2,1H3,(H2,5,7);3H,2H2,1H3,(H2,5,6,7,8). The molecule has 0 aliphatic rings. The van der Waals surface area contributed by atoms with E-state index in [1.165, 1.54) is 17.3 Å². The van der Waals surface area contributed by atoms with Crippen LogP contribution in [-0.4, -0.2) is 113 Å². The maximum absolute atomic E-state index is 11.0. The first-order valence-electron chi connectivity index (χ1n) is 24.9. The van der Waals surface area contributed by atoms with Gasteiger partial charge in [-0.2, -0.15) is 9.90 Å². The summed E-state index contributed by atoms with van der Waals surface area (Å²) < 4.78 is 3.42. The second-order valence-corrected chi connectivity index (χ2v) is 16.8. The number of nitrogens with one attached hydrogen (secondary N) is 6. The fourth-order valence-electron chi connectivity index (χ4n) is 6.26. The Balaban J connectivity index is 0.000000179. The van der Waals surface area contributed by atoms with Gasteiger partial charge < -0.3 is 71.0 Å². The molecule has 12 aromatic rings. The second kappa shape index (κ2) is 32.8. The van der Waals surface area contributed by atoms with E-state index >= 15 is 0 Å². The molecule has 0 atom stereocenters.